The Balaban J connectivity index is 1.78. The van der Waals surface area contributed by atoms with E-state index in [0.717, 1.165) is 42.5 Å². The maximum atomic E-state index is 13.0. The van der Waals surface area contributed by atoms with Crippen molar-refractivity contribution in [1.82, 2.24) is 4.31 Å². The van der Waals surface area contributed by atoms with Gasteiger partial charge in [-0.3, -0.25) is 4.72 Å². The van der Waals surface area contributed by atoms with Crippen LogP contribution in [0.25, 0.3) is 0 Å². The summed E-state index contributed by atoms with van der Waals surface area (Å²) in [5.41, 5.74) is 1.44. The van der Waals surface area contributed by atoms with E-state index in [9.17, 15) is 16.8 Å². The Morgan fingerprint density at radius 1 is 0.970 bits per heavy atom. The van der Waals surface area contributed by atoms with E-state index in [2.05, 4.69) is 16.5 Å². The number of hydrogen-bond donors (Lipinski definition) is 1. The van der Waals surface area contributed by atoms with Crippen LogP contribution in [0.5, 0.6) is 0 Å². The Kier molecular flexibility index (Phi) is 7.73. The standard InChI is InChI=1S/C23H33N3O5S2/c1-5-31-18-23(2)14-16-26(17-15-23)22-9-7-6-8-21(22)24-32(27,28)19-10-12-20(13-11-19)33(29,30)25(3)4/h6-13,24H,5,14-18H2,1-4H3. The number of rotatable bonds is 9. The monoisotopic (exact) mass is 495 g/mol. The van der Waals surface area contributed by atoms with E-state index in [0.29, 0.717) is 12.3 Å². The number of benzene rings is 2. The van der Waals surface area contributed by atoms with Crippen LogP contribution >= 0.6 is 0 Å². The van der Waals surface area contributed by atoms with E-state index >= 15 is 0 Å². The summed E-state index contributed by atoms with van der Waals surface area (Å²) in [4.78, 5) is 2.23. The summed E-state index contributed by atoms with van der Waals surface area (Å²) in [5, 5.41) is 0. The van der Waals surface area contributed by atoms with Gasteiger partial charge in [0.05, 0.1) is 27.8 Å². The minimum Gasteiger partial charge on any atom is -0.381 e. The normalized spacial score (nSPS) is 16.7. The number of hydrogen-bond acceptors (Lipinski definition) is 6. The van der Waals surface area contributed by atoms with Gasteiger partial charge in [-0.15, -0.1) is 0 Å². The molecule has 1 saturated heterocycles. The van der Waals surface area contributed by atoms with Gasteiger partial charge in [0.2, 0.25) is 10.0 Å². The smallest absolute Gasteiger partial charge is 0.261 e. The highest BCUT2D eigenvalue weighted by Gasteiger charge is 2.31. The summed E-state index contributed by atoms with van der Waals surface area (Å²) in [6, 6.07) is 12.6. The van der Waals surface area contributed by atoms with Gasteiger partial charge >= 0.3 is 0 Å². The van der Waals surface area contributed by atoms with Crippen molar-refractivity contribution in [3.63, 3.8) is 0 Å². The molecule has 0 spiro atoms. The van der Waals surface area contributed by atoms with Gasteiger partial charge in [-0.2, -0.15) is 0 Å². The SMILES string of the molecule is CCOCC1(C)CCN(c2ccccc2NS(=O)(=O)c2ccc(S(=O)(=O)N(C)C)cc2)CC1. The van der Waals surface area contributed by atoms with Gasteiger partial charge in [0.15, 0.2) is 0 Å². The van der Waals surface area contributed by atoms with Crippen LogP contribution in [-0.2, 0) is 24.8 Å². The molecule has 0 aliphatic carbocycles. The fraction of sp³-hybridized carbons (Fsp3) is 0.478. The minimum absolute atomic E-state index is 0.00190. The molecule has 0 unspecified atom stereocenters. The van der Waals surface area contributed by atoms with E-state index in [-0.39, 0.29) is 15.2 Å². The van der Waals surface area contributed by atoms with Crippen molar-refractivity contribution >= 4 is 31.4 Å². The molecule has 8 nitrogen and oxygen atoms in total. The number of sulfonamides is 2. The molecule has 1 heterocycles. The lowest BCUT2D eigenvalue weighted by atomic mass is 9.81. The lowest BCUT2D eigenvalue weighted by Gasteiger charge is -2.40. The number of piperidine rings is 1. The number of ether oxygens (including phenoxy) is 1. The second-order valence-corrected chi connectivity index (χ2v) is 12.7. The third-order valence-electron chi connectivity index (χ3n) is 6.03. The summed E-state index contributed by atoms with van der Waals surface area (Å²) in [5.74, 6) is 0. The highest BCUT2D eigenvalue weighted by molar-refractivity contribution is 7.92. The lowest BCUT2D eigenvalue weighted by Crippen LogP contribution is -2.41. The first kappa shape index (κ1) is 25.5. The molecule has 0 radical (unpaired) electrons. The first-order valence-corrected chi connectivity index (χ1v) is 13.9. The molecule has 0 saturated carbocycles. The van der Waals surface area contributed by atoms with Crippen LogP contribution in [0.1, 0.15) is 26.7 Å². The number of nitrogens with zero attached hydrogens (tertiary/aromatic N) is 2. The molecule has 1 aliphatic rings. The maximum absolute atomic E-state index is 13.0. The third-order valence-corrected chi connectivity index (χ3v) is 9.24. The first-order chi connectivity index (χ1) is 15.5. The number of para-hydroxylation sites is 2. The molecule has 2 aromatic carbocycles. The zero-order valence-corrected chi connectivity index (χ0v) is 21.2. The van der Waals surface area contributed by atoms with E-state index in [1.165, 1.54) is 38.4 Å². The highest BCUT2D eigenvalue weighted by atomic mass is 32.2. The molecule has 0 atom stereocenters. The van der Waals surface area contributed by atoms with Crippen LogP contribution in [0, 0.1) is 5.41 Å². The van der Waals surface area contributed by atoms with Crippen molar-refractivity contribution in [2.24, 2.45) is 5.41 Å². The Labute approximate surface area is 197 Å². The van der Waals surface area contributed by atoms with E-state index < -0.39 is 20.0 Å². The van der Waals surface area contributed by atoms with Gasteiger partial charge in [-0.25, -0.2) is 21.1 Å². The highest BCUT2D eigenvalue weighted by Crippen LogP contribution is 2.36. The van der Waals surface area contributed by atoms with Gasteiger partial charge in [-0.05, 0) is 61.6 Å². The Bertz CT molecular complexity index is 1150. The molecule has 1 fully saturated rings. The zero-order valence-electron chi connectivity index (χ0n) is 19.6. The summed E-state index contributed by atoms with van der Waals surface area (Å²) in [6.07, 6.45) is 1.91. The molecule has 10 heteroatoms. The van der Waals surface area contributed by atoms with Gasteiger partial charge in [-0.1, -0.05) is 19.1 Å². The molecule has 1 aliphatic heterocycles. The quantitative estimate of drug-likeness (QED) is 0.573. The van der Waals surface area contributed by atoms with Crippen molar-refractivity contribution in [2.75, 3.05) is 50.0 Å². The number of nitrogens with one attached hydrogen (secondary N) is 1. The molecule has 33 heavy (non-hydrogen) atoms. The summed E-state index contributed by atoms with van der Waals surface area (Å²) >= 11 is 0. The predicted molar refractivity (Wildman–Crippen MR) is 131 cm³/mol. The van der Waals surface area contributed by atoms with Gasteiger partial charge in [0.1, 0.15) is 0 Å². The van der Waals surface area contributed by atoms with Gasteiger partial charge < -0.3 is 9.64 Å². The molecule has 2 aromatic rings. The van der Waals surface area contributed by atoms with E-state index in [1.54, 1.807) is 12.1 Å². The van der Waals surface area contributed by atoms with Crippen molar-refractivity contribution in [1.29, 1.82) is 0 Å². The van der Waals surface area contributed by atoms with Crippen LogP contribution in [-0.4, -0.2) is 61.5 Å². The largest absolute Gasteiger partial charge is 0.381 e. The van der Waals surface area contributed by atoms with Crippen molar-refractivity contribution in [2.45, 2.75) is 36.5 Å². The fourth-order valence-corrected chi connectivity index (χ4v) is 5.80. The van der Waals surface area contributed by atoms with Gasteiger partial charge in [0.25, 0.3) is 10.0 Å². The fourth-order valence-electron chi connectivity index (χ4n) is 3.82. The third kappa shape index (κ3) is 5.87. The summed E-state index contributed by atoms with van der Waals surface area (Å²) in [7, 11) is -4.67. The Hall–Kier alpha value is -2.14. The summed E-state index contributed by atoms with van der Waals surface area (Å²) < 4.78 is 60.0. The molecule has 0 aromatic heterocycles. The second-order valence-electron chi connectivity index (χ2n) is 8.82. The first-order valence-electron chi connectivity index (χ1n) is 11.0. The van der Waals surface area contributed by atoms with Crippen LogP contribution < -0.4 is 9.62 Å². The van der Waals surface area contributed by atoms with Gasteiger partial charge in [0, 0.05) is 33.8 Å². The van der Waals surface area contributed by atoms with E-state index in [1.807, 2.05) is 19.1 Å². The topological polar surface area (TPSA) is 96.0 Å². The van der Waals surface area contributed by atoms with E-state index in [4.69, 9.17) is 4.74 Å². The number of anilines is 2. The average molecular weight is 496 g/mol. The van der Waals surface area contributed by atoms with Crippen LogP contribution in [0.2, 0.25) is 0 Å². The molecular weight excluding hydrogens is 462 g/mol. The van der Waals surface area contributed by atoms with Crippen molar-refractivity contribution in [3.8, 4) is 0 Å². The van der Waals surface area contributed by atoms with Crippen molar-refractivity contribution < 1.29 is 21.6 Å². The maximum Gasteiger partial charge on any atom is 0.261 e. The molecule has 1 N–H and O–H groups in total. The molecule has 3 rings (SSSR count). The molecule has 0 amide bonds. The Morgan fingerprint density at radius 3 is 2.12 bits per heavy atom. The molecule has 0 bridgehead atoms. The Morgan fingerprint density at radius 2 is 1.55 bits per heavy atom. The van der Waals surface area contributed by atoms with Crippen LogP contribution in [0.4, 0.5) is 11.4 Å². The van der Waals surface area contributed by atoms with Crippen LogP contribution in [0.15, 0.2) is 58.3 Å². The minimum atomic E-state index is -3.90. The van der Waals surface area contributed by atoms with Crippen LogP contribution in [0.3, 0.4) is 0 Å². The summed E-state index contributed by atoms with van der Waals surface area (Å²) in [6.45, 7) is 7.26. The molecular formula is C23H33N3O5S2. The molecule has 182 valence electrons. The average Bonchev–Trinajstić information content (AvgIpc) is 2.78. The zero-order chi connectivity index (χ0) is 24.3. The lowest BCUT2D eigenvalue weighted by molar-refractivity contribution is 0.0459. The second kappa shape index (κ2) is 10.0. The predicted octanol–water partition coefficient (Wildman–Crippen LogP) is 3.38. The van der Waals surface area contributed by atoms with Crippen molar-refractivity contribution in [3.05, 3.63) is 48.5 Å².